The van der Waals surface area contributed by atoms with E-state index in [-0.39, 0.29) is 17.5 Å². The minimum Gasteiger partial charge on any atom is -0.349 e. The van der Waals surface area contributed by atoms with Crippen molar-refractivity contribution in [1.29, 1.82) is 0 Å². The third-order valence-electron chi connectivity index (χ3n) is 3.18. The molecule has 0 bridgehead atoms. The number of halogens is 3. The van der Waals surface area contributed by atoms with Crippen molar-refractivity contribution in [2.24, 2.45) is 0 Å². The summed E-state index contributed by atoms with van der Waals surface area (Å²) in [6.07, 6.45) is 1.60. The molecule has 5 heteroatoms. The van der Waals surface area contributed by atoms with Crippen molar-refractivity contribution in [2.75, 3.05) is 0 Å². The quantitative estimate of drug-likeness (QED) is 0.895. The second-order valence-corrected chi connectivity index (χ2v) is 5.35. The molecule has 2 nitrogen and oxygen atoms in total. The van der Waals surface area contributed by atoms with Crippen molar-refractivity contribution in [3.05, 3.63) is 33.8 Å². The van der Waals surface area contributed by atoms with Crippen LogP contribution in [0.1, 0.15) is 48.0 Å². The first kappa shape index (κ1) is 13.5. The summed E-state index contributed by atoms with van der Waals surface area (Å²) in [4.78, 5) is 11.9. The van der Waals surface area contributed by atoms with Crippen LogP contribution in [0, 0.1) is 0 Å². The van der Waals surface area contributed by atoms with Gasteiger partial charge >= 0.3 is 0 Å². The van der Waals surface area contributed by atoms with Crippen LogP contribution >= 0.6 is 15.9 Å². The van der Waals surface area contributed by atoms with Gasteiger partial charge in [0.05, 0.1) is 0 Å². The van der Waals surface area contributed by atoms with Gasteiger partial charge in [-0.15, -0.1) is 0 Å². The highest BCUT2D eigenvalue weighted by Gasteiger charge is 2.19. The van der Waals surface area contributed by atoms with Crippen molar-refractivity contribution < 1.29 is 13.6 Å². The molecule has 1 aliphatic rings. The van der Waals surface area contributed by atoms with Crippen LogP contribution in [-0.2, 0) is 0 Å². The summed E-state index contributed by atoms with van der Waals surface area (Å²) in [5.41, 5.74) is 0.148. The molecule has 1 amide bonds. The molecular formula is C13H14BrF2NO. The molecule has 0 unspecified atom stereocenters. The molecule has 0 aromatic heterocycles. The molecule has 1 aromatic carbocycles. The van der Waals surface area contributed by atoms with Gasteiger partial charge in [-0.05, 0) is 31.0 Å². The fourth-order valence-electron chi connectivity index (χ4n) is 2.19. The molecule has 0 spiro atoms. The summed E-state index contributed by atoms with van der Waals surface area (Å²) in [5.74, 6) is -0.267. The van der Waals surface area contributed by atoms with Crippen molar-refractivity contribution in [3.8, 4) is 0 Å². The lowest BCUT2D eigenvalue weighted by atomic mass is 10.1. The van der Waals surface area contributed by atoms with Gasteiger partial charge in [-0.1, -0.05) is 28.8 Å². The lowest BCUT2D eigenvalue weighted by molar-refractivity contribution is 0.0937. The standard InChI is InChI=1S/C13H14BrF2NO/c14-11-6-5-8(7-10(11)12(15)16)13(18)17-9-3-1-2-4-9/h5-7,9,12H,1-4H2,(H,17,18). The number of alkyl halides is 2. The Hall–Kier alpha value is -0.970. The molecule has 1 aliphatic carbocycles. The van der Waals surface area contributed by atoms with Gasteiger partial charge < -0.3 is 5.32 Å². The lowest BCUT2D eigenvalue weighted by Gasteiger charge is -2.13. The van der Waals surface area contributed by atoms with E-state index in [1.54, 1.807) is 6.07 Å². The number of rotatable bonds is 3. The van der Waals surface area contributed by atoms with Crippen LogP contribution in [0.5, 0.6) is 0 Å². The van der Waals surface area contributed by atoms with E-state index in [9.17, 15) is 13.6 Å². The van der Waals surface area contributed by atoms with Crippen molar-refractivity contribution in [1.82, 2.24) is 5.32 Å². The van der Waals surface area contributed by atoms with Gasteiger partial charge in [0.25, 0.3) is 12.3 Å². The zero-order valence-corrected chi connectivity index (χ0v) is 11.3. The molecule has 1 saturated carbocycles. The Morgan fingerprint density at radius 2 is 2.00 bits per heavy atom. The van der Waals surface area contributed by atoms with Crippen LogP contribution in [0.3, 0.4) is 0 Å². The van der Waals surface area contributed by atoms with E-state index in [2.05, 4.69) is 21.2 Å². The topological polar surface area (TPSA) is 29.1 Å². The molecule has 0 aliphatic heterocycles. The van der Waals surface area contributed by atoms with Crippen molar-refractivity contribution in [3.63, 3.8) is 0 Å². The van der Waals surface area contributed by atoms with Gasteiger partial charge in [-0.25, -0.2) is 8.78 Å². The van der Waals surface area contributed by atoms with E-state index in [1.165, 1.54) is 12.1 Å². The molecule has 1 N–H and O–H groups in total. The maximum Gasteiger partial charge on any atom is 0.264 e. The van der Waals surface area contributed by atoms with E-state index >= 15 is 0 Å². The van der Waals surface area contributed by atoms with E-state index in [4.69, 9.17) is 0 Å². The SMILES string of the molecule is O=C(NC1CCCC1)c1ccc(Br)c(C(F)F)c1. The molecule has 0 saturated heterocycles. The number of benzene rings is 1. The predicted octanol–water partition coefficient (Wildman–Crippen LogP) is 4.06. The maximum atomic E-state index is 12.7. The van der Waals surface area contributed by atoms with Gasteiger partial charge in [0.1, 0.15) is 0 Å². The highest BCUT2D eigenvalue weighted by atomic mass is 79.9. The molecule has 1 aromatic rings. The summed E-state index contributed by atoms with van der Waals surface area (Å²) in [6.45, 7) is 0. The summed E-state index contributed by atoms with van der Waals surface area (Å²) >= 11 is 3.06. The molecule has 0 heterocycles. The average Bonchev–Trinajstić information content (AvgIpc) is 2.81. The fraction of sp³-hybridized carbons (Fsp3) is 0.462. The Morgan fingerprint density at radius 1 is 1.33 bits per heavy atom. The number of amides is 1. The molecule has 0 radical (unpaired) electrons. The number of hydrogen-bond acceptors (Lipinski definition) is 1. The van der Waals surface area contributed by atoms with Crippen LogP contribution in [0.25, 0.3) is 0 Å². The molecule has 18 heavy (non-hydrogen) atoms. The number of hydrogen-bond donors (Lipinski definition) is 1. The van der Waals surface area contributed by atoms with Gasteiger partial charge in [0, 0.05) is 21.6 Å². The van der Waals surface area contributed by atoms with Gasteiger partial charge in [-0.2, -0.15) is 0 Å². The van der Waals surface area contributed by atoms with Gasteiger partial charge in [0.15, 0.2) is 0 Å². The highest BCUT2D eigenvalue weighted by molar-refractivity contribution is 9.10. The second kappa shape index (κ2) is 5.78. The second-order valence-electron chi connectivity index (χ2n) is 4.49. The van der Waals surface area contributed by atoms with Crippen molar-refractivity contribution >= 4 is 21.8 Å². The van der Waals surface area contributed by atoms with Crippen LogP contribution in [-0.4, -0.2) is 11.9 Å². The Labute approximate surface area is 113 Å². The molecule has 98 valence electrons. The maximum absolute atomic E-state index is 12.7. The van der Waals surface area contributed by atoms with E-state index in [0.717, 1.165) is 25.7 Å². The summed E-state index contributed by atoms with van der Waals surface area (Å²) in [5, 5.41) is 2.88. The van der Waals surface area contributed by atoms with Crippen molar-refractivity contribution in [2.45, 2.75) is 38.2 Å². The first-order chi connectivity index (χ1) is 8.58. The minimum absolute atomic E-state index is 0.144. The third-order valence-corrected chi connectivity index (χ3v) is 3.91. The monoisotopic (exact) mass is 317 g/mol. The Balaban J connectivity index is 2.12. The summed E-state index contributed by atoms with van der Waals surface area (Å²) in [6, 6.07) is 4.49. The minimum atomic E-state index is -2.58. The highest BCUT2D eigenvalue weighted by Crippen LogP contribution is 2.28. The third kappa shape index (κ3) is 3.07. The van der Waals surface area contributed by atoms with Crippen LogP contribution in [0.4, 0.5) is 8.78 Å². The number of nitrogens with one attached hydrogen (secondary N) is 1. The predicted molar refractivity (Wildman–Crippen MR) is 68.8 cm³/mol. The Morgan fingerprint density at radius 3 is 2.61 bits per heavy atom. The average molecular weight is 318 g/mol. The van der Waals surface area contributed by atoms with Crippen LogP contribution < -0.4 is 5.32 Å². The molecule has 1 fully saturated rings. The first-order valence-corrected chi connectivity index (χ1v) is 6.75. The van der Waals surface area contributed by atoms with Crippen LogP contribution in [0.15, 0.2) is 22.7 Å². The van der Waals surface area contributed by atoms with Gasteiger partial charge in [-0.3, -0.25) is 4.79 Å². The molecule has 0 atom stereocenters. The number of carbonyl (C=O) groups is 1. The lowest BCUT2D eigenvalue weighted by Crippen LogP contribution is -2.32. The fourth-order valence-corrected chi connectivity index (χ4v) is 2.61. The van der Waals surface area contributed by atoms with Crippen LogP contribution in [0.2, 0.25) is 0 Å². The summed E-state index contributed by atoms with van der Waals surface area (Å²) < 4.78 is 25.8. The van der Waals surface area contributed by atoms with E-state index in [1.807, 2.05) is 0 Å². The Kier molecular flexibility index (Phi) is 4.32. The van der Waals surface area contributed by atoms with E-state index < -0.39 is 6.43 Å². The Bertz CT molecular complexity index is 445. The molecule has 2 rings (SSSR count). The molecular weight excluding hydrogens is 304 g/mol. The number of carbonyl (C=O) groups excluding carboxylic acids is 1. The van der Waals surface area contributed by atoms with Gasteiger partial charge in [0.2, 0.25) is 0 Å². The zero-order valence-electron chi connectivity index (χ0n) is 9.76. The largest absolute Gasteiger partial charge is 0.349 e. The first-order valence-electron chi connectivity index (χ1n) is 5.96. The zero-order chi connectivity index (χ0) is 13.1. The van der Waals surface area contributed by atoms with E-state index in [0.29, 0.717) is 10.0 Å². The normalized spacial score (nSPS) is 16.2. The summed E-state index contributed by atoms with van der Waals surface area (Å²) in [7, 11) is 0. The smallest absolute Gasteiger partial charge is 0.264 e.